The number of carbonyl (C=O) groups is 2. The first-order valence-electron chi connectivity index (χ1n) is 10.6. The highest BCUT2D eigenvalue weighted by atomic mass is 16.5. The number of hydrogen-bond acceptors (Lipinski definition) is 7. The Morgan fingerprint density at radius 3 is 2.34 bits per heavy atom. The molecule has 1 saturated heterocycles. The van der Waals surface area contributed by atoms with Crippen molar-refractivity contribution in [3.8, 4) is 5.75 Å². The number of imide groups is 1. The molecule has 0 atom stereocenters. The van der Waals surface area contributed by atoms with E-state index < -0.39 is 0 Å². The van der Waals surface area contributed by atoms with Gasteiger partial charge in [-0.05, 0) is 30.7 Å². The normalized spacial score (nSPS) is 16.0. The topological polar surface area (TPSA) is 89.3 Å². The average Bonchev–Trinajstić information content (AvgIpc) is 3.07. The zero-order chi connectivity index (χ0) is 22.1. The van der Waals surface area contributed by atoms with Gasteiger partial charge in [0.1, 0.15) is 11.3 Å². The van der Waals surface area contributed by atoms with E-state index in [1.165, 1.54) is 11.0 Å². The monoisotopic (exact) mass is 434 g/mol. The van der Waals surface area contributed by atoms with Gasteiger partial charge in [-0.3, -0.25) is 19.3 Å². The molecular formula is C24H22N2O6. The summed E-state index contributed by atoms with van der Waals surface area (Å²) < 4.78 is 17.1. The zero-order valence-electron chi connectivity index (χ0n) is 17.4. The minimum absolute atomic E-state index is 0.107. The third-order valence-electron chi connectivity index (χ3n) is 5.68. The number of amides is 2. The fourth-order valence-corrected chi connectivity index (χ4v) is 4.01. The van der Waals surface area contributed by atoms with Gasteiger partial charge in [-0.2, -0.15) is 0 Å². The summed E-state index contributed by atoms with van der Waals surface area (Å²) in [5.41, 5.74) is 1.24. The zero-order valence-corrected chi connectivity index (χ0v) is 17.4. The van der Waals surface area contributed by atoms with E-state index in [1.807, 2.05) is 4.90 Å². The van der Waals surface area contributed by atoms with Gasteiger partial charge in [-0.25, -0.2) is 0 Å². The third kappa shape index (κ3) is 3.73. The fourth-order valence-electron chi connectivity index (χ4n) is 4.01. The summed E-state index contributed by atoms with van der Waals surface area (Å²) in [6, 6.07) is 13.4. The molecule has 0 bridgehead atoms. The molecule has 0 unspecified atom stereocenters. The van der Waals surface area contributed by atoms with Gasteiger partial charge in [0.2, 0.25) is 0 Å². The van der Waals surface area contributed by atoms with Gasteiger partial charge in [-0.1, -0.05) is 12.1 Å². The van der Waals surface area contributed by atoms with E-state index in [4.69, 9.17) is 13.9 Å². The van der Waals surface area contributed by atoms with Gasteiger partial charge in [0, 0.05) is 31.8 Å². The molecule has 0 aliphatic carbocycles. The molecule has 2 aliphatic heterocycles. The Balaban J connectivity index is 1.23. The van der Waals surface area contributed by atoms with Crippen molar-refractivity contribution in [2.75, 3.05) is 44.4 Å². The van der Waals surface area contributed by atoms with E-state index in [9.17, 15) is 14.4 Å². The molecule has 5 rings (SSSR count). The summed E-state index contributed by atoms with van der Waals surface area (Å²) in [5, 5.41) is 0.486. The predicted octanol–water partition coefficient (Wildman–Crippen LogP) is 2.69. The Labute approximate surface area is 183 Å². The Bertz CT molecular complexity index is 1210. The SMILES string of the molecule is O=C1c2ccccc2C(=O)N1CCCOc1ccc2c(=O)cc(N3CCOCC3)oc2c1. The van der Waals surface area contributed by atoms with Gasteiger partial charge in [-0.15, -0.1) is 0 Å². The lowest BCUT2D eigenvalue weighted by Crippen LogP contribution is -2.36. The first-order chi connectivity index (χ1) is 15.6. The molecule has 2 amide bonds. The van der Waals surface area contributed by atoms with Crippen LogP contribution in [0.2, 0.25) is 0 Å². The number of hydrogen-bond donors (Lipinski definition) is 0. The van der Waals surface area contributed by atoms with Crippen LogP contribution in [0.15, 0.2) is 57.7 Å². The minimum atomic E-state index is -0.270. The lowest BCUT2D eigenvalue weighted by Gasteiger charge is -2.27. The summed E-state index contributed by atoms with van der Waals surface area (Å²) in [4.78, 5) is 40.6. The molecule has 1 aromatic heterocycles. The number of ether oxygens (including phenoxy) is 2. The van der Waals surface area contributed by atoms with Crippen LogP contribution in [0.1, 0.15) is 27.1 Å². The molecule has 0 radical (unpaired) electrons. The van der Waals surface area contributed by atoms with Crippen LogP contribution < -0.4 is 15.1 Å². The maximum Gasteiger partial charge on any atom is 0.261 e. The summed E-state index contributed by atoms with van der Waals surface area (Å²) in [6.45, 7) is 3.11. The highest BCUT2D eigenvalue weighted by molar-refractivity contribution is 6.21. The van der Waals surface area contributed by atoms with Gasteiger partial charge in [0.25, 0.3) is 11.8 Å². The second-order valence-electron chi connectivity index (χ2n) is 7.72. The van der Waals surface area contributed by atoms with E-state index in [1.54, 1.807) is 42.5 Å². The fraction of sp³-hybridized carbons (Fsp3) is 0.292. The standard InChI is InChI=1S/C24H22N2O6/c27-20-15-22(25-9-12-30-13-10-25)32-21-14-16(6-7-19(20)21)31-11-3-8-26-23(28)17-4-1-2-5-18(17)24(26)29/h1-2,4-7,14-15H,3,8-13H2. The van der Waals surface area contributed by atoms with Gasteiger partial charge >= 0.3 is 0 Å². The van der Waals surface area contributed by atoms with Crippen molar-refractivity contribution >= 4 is 28.7 Å². The Hall–Kier alpha value is -3.65. The number of rotatable bonds is 6. The minimum Gasteiger partial charge on any atom is -0.493 e. The van der Waals surface area contributed by atoms with Crippen molar-refractivity contribution < 1.29 is 23.5 Å². The molecule has 8 nitrogen and oxygen atoms in total. The number of benzene rings is 2. The lowest BCUT2D eigenvalue weighted by atomic mass is 10.1. The molecule has 164 valence electrons. The first kappa shape index (κ1) is 20.3. The van der Waals surface area contributed by atoms with Crippen LogP contribution in [-0.2, 0) is 4.74 Å². The van der Waals surface area contributed by atoms with E-state index in [-0.39, 0.29) is 23.8 Å². The molecular weight excluding hydrogens is 412 g/mol. The second-order valence-corrected chi connectivity index (χ2v) is 7.72. The third-order valence-corrected chi connectivity index (χ3v) is 5.68. The maximum absolute atomic E-state index is 12.5. The highest BCUT2D eigenvalue weighted by Gasteiger charge is 2.34. The van der Waals surface area contributed by atoms with Crippen LogP contribution in [0.5, 0.6) is 5.75 Å². The smallest absolute Gasteiger partial charge is 0.261 e. The van der Waals surface area contributed by atoms with Crippen LogP contribution in [0.4, 0.5) is 5.88 Å². The molecule has 3 heterocycles. The summed E-state index contributed by atoms with van der Waals surface area (Å²) in [7, 11) is 0. The van der Waals surface area contributed by atoms with E-state index in [2.05, 4.69) is 0 Å². The molecule has 0 spiro atoms. The van der Waals surface area contributed by atoms with E-state index >= 15 is 0 Å². The van der Waals surface area contributed by atoms with Crippen molar-refractivity contribution in [1.29, 1.82) is 0 Å². The molecule has 2 aliphatic rings. The largest absolute Gasteiger partial charge is 0.493 e. The highest BCUT2D eigenvalue weighted by Crippen LogP contribution is 2.25. The summed E-state index contributed by atoms with van der Waals surface area (Å²) in [6.07, 6.45) is 0.487. The number of fused-ring (bicyclic) bond motifs is 2. The predicted molar refractivity (Wildman–Crippen MR) is 117 cm³/mol. The molecule has 0 saturated carbocycles. The van der Waals surface area contributed by atoms with Crippen LogP contribution in [0.3, 0.4) is 0 Å². The molecule has 1 fully saturated rings. The molecule has 8 heteroatoms. The Morgan fingerprint density at radius 2 is 1.62 bits per heavy atom. The van der Waals surface area contributed by atoms with Crippen molar-refractivity contribution in [2.24, 2.45) is 0 Å². The quantitative estimate of drug-likeness (QED) is 0.435. The summed E-state index contributed by atoms with van der Waals surface area (Å²) >= 11 is 0. The van der Waals surface area contributed by atoms with E-state index in [0.29, 0.717) is 73.1 Å². The maximum atomic E-state index is 12.5. The van der Waals surface area contributed by atoms with Crippen molar-refractivity contribution in [1.82, 2.24) is 4.90 Å². The van der Waals surface area contributed by atoms with Crippen molar-refractivity contribution in [2.45, 2.75) is 6.42 Å². The lowest BCUT2D eigenvalue weighted by molar-refractivity contribution is 0.0646. The second kappa shape index (κ2) is 8.47. The van der Waals surface area contributed by atoms with Gasteiger partial charge in [0.05, 0.1) is 36.3 Å². The Kier molecular flexibility index (Phi) is 5.36. The Morgan fingerprint density at radius 1 is 0.906 bits per heavy atom. The molecule has 32 heavy (non-hydrogen) atoms. The summed E-state index contributed by atoms with van der Waals surface area (Å²) in [5.74, 6) is 0.540. The average molecular weight is 434 g/mol. The number of carbonyl (C=O) groups excluding carboxylic acids is 2. The van der Waals surface area contributed by atoms with Crippen LogP contribution in [-0.4, -0.2) is 56.2 Å². The molecule has 0 N–H and O–H groups in total. The van der Waals surface area contributed by atoms with E-state index in [0.717, 1.165) is 0 Å². The van der Waals surface area contributed by atoms with Gasteiger partial charge in [0.15, 0.2) is 11.3 Å². The van der Waals surface area contributed by atoms with Crippen molar-refractivity contribution in [3.05, 3.63) is 69.9 Å². The number of nitrogens with zero attached hydrogens (tertiary/aromatic N) is 2. The molecule has 3 aromatic rings. The van der Waals surface area contributed by atoms with Gasteiger partial charge < -0.3 is 18.8 Å². The molecule has 2 aromatic carbocycles. The van der Waals surface area contributed by atoms with Crippen LogP contribution in [0, 0.1) is 0 Å². The first-order valence-corrected chi connectivity index (χ1v) is 10.6. The van der Waals surface area contributed by atoms with Crippen LogP contribution in [0.25, 0.3) is 11.0 Å². The number of morpholine rings is 1. The van der Waals surface area contributed by atoms with Crippen molar-refractivity contribution in [3.63, 3.8) is 0 Å². The van der Waals surface area contributed by atoms with Crippen LogP contribution >= 0.6 is 0 Å². The number of anilines is 1.